The van der Waals surface area contributed by atoms with Gasteiger partial charge in [0.1, 0.15) is 5.69 Å². The van der Waals surface area contributed by atoms with Crippen LogP contribution in [-0.2, 0) is 6.54 Å². The number of aliphatic imine (C=N–C) groups is 1. The Balaban J connectivity index is 1.89. The fourth-order valence-electron chi connectivity index (χ4n) is 1.88. The Kier molecular flexibility index (Phi) is 2.61. The van der Waals surface area contributed by atoms with Crippen LogP contribution in [0.2, 0.25) is 0 Å². The molecule has 4 heteroatoms. The molecule has 0 radical (unpaired) electrons. The van der Waals surface area contributed by atoms with Gasteiger partial charge >= 0.3 is 0 Å². The van der Waals surface area contributed by atoms with E-state index in [4.69, 9.17) is 0 Å². The highest BCUT2D eigenvalue weighted by atomic mass is 16.2. The Morgan fingerprint density at radius 2 is 1.94 bits per heavy atom. The average Bonchev–Trinajstić information content (AvgIpc) is 2.75. The summed E-state index contributed by atoms with van der Waals surface area (Å²) < 4.78 is 0. The van der Waals surface area contributed by atoms with Gasteiger partial charge in [0, 0.05) is 6.20 Å². The molecule has 18 heavy (non-hydrogen) atoms. The molecule has 4 nitrogen and oxygen atoms in total. The van der Waals surface area contributed by atoms with Crippen LogP contribution in [-0.4, -0.2) is 16.7 Å². The second-order valence-electron chi connectivity index (χ2n) is 4.00. The van der Waals surface area contributed by atoms with Crippen molar-refractivity contribution in [1.82, 2.24) is 10.3 Å². The lowest BCUT2D eigenvalue weighted by molar-refractivity contribution is 0.0983. The van der Waals surface area contributed by atoms with Crippen LogP contribution in [0.5, 0.6) is 0 Å². The summed E-state index contributed by atoms with van der Waals surface area (Å²) in [7, 11) is 0. The SMILES string of the molecule is O=C1NC(=NCc2ccccc2)c2ncccc21. The van der Waals surface area contributed by atoms with Crippen molar-refractivity contribution >= 4 is 11.7 Å². The van der Waals surface area contributed by atoms with Gasteiger partial charge in [-0.25, -0.2) is 0 Å². The molecule has 0 unspecified atom stereocenters. The van der Waals surface area contributed by atoms with Crippen molar-refractivity contribution in [3.8, 4) is 0 Å². The third-order valence-electron chi connectivity index (χ3n) is 2.77. The molecule has 0 spiro atoms. The van der Waals surface area contributed by atoms with Gasteiger partial charge in [0.25, 0.3) is 5.91 Å². The molecule has 0 fully saturated rings. The zero-order chi connectivity index (χ0) is 12.4. The molecule has 0 saturated heterocycles. The molecule has 1 aromatic carbocycles. The van der Waals surface area contributed by atoms with Crippen molar-refractivity contribution in [2.75, 3.05) is 0 Å². The molecule has 1 aliphatic heterocycles. The first-order valence-corrected chi connectivity index (χ1v) is 5.70. The second kappa shape index (κ2) is 4.41. The molecule has 0 atom stereocenters. The van der Waals surface area contributed by atoms with E-state index in [2.05, 4.69) is 15.3 Å². The number of carbonyl (C=O) groups excluding carboxylic acids is 1. The van der Waals surface area contributed by atoms with Crippen molar-refractivity contribution in [3.63, 3.8) is 0 Å². The van der Waals surface area contributed by atoms with Crippen molar-refractivity contribution < 1.29 is 4.79 Å². The molecular formula is C14H11N3O. The maximum Gasteiger partial charge on any atom is 0.259 e. The number of fused-ring (bicyclic) bond motifs is 1. The van der Waals surface area contributed by atoms with Gasteiger partial charge in [-0.05, 0) is 17.7 Å². The Hall–Kier alpha value is -2.49. The summed E-state index contributed by atoms with van der Waals surface area (Å²) in [6, 6.07) is 13.4. The Bertz CT molecular complexity index is 620. The third-order valence-corrected chi connectivity index (χ3v) is 2.77. The average molecular weight is 237 g/mol. The minimum Gasteiger partial charge on any atom is -0.305 e. The van der Waals surface area contributed by atoms with Crippen LogP contribution in [0.4, 0.5) is 0 Å². The van der Waals surface area contributed by atoms with Gasteiger partial charge in [0.2, 0.25) is 0 Å². The molecule has 1 amide bonds. The van der Waals surface area contributed by atoms with E-state index in [-0.39, 0.29) is 5.91 Å². The number of aromatic nitrogens is 1. The Morgan fingerprint density at radius 1 is 1.11 bits per heavy atom. The fraction of sp³-hybridized carbons (Fsp3) is 0.0714. The highest BCUT2D eigenvalue weighted by Gasteiger charge is 2.25. The lowest BCUT2D eigenvalue weighted by atomic mass is 10.2. The monoisotopic (exact) mass is 237 g/mol. The zero-order valence-electron chi connectivity index (χ0n) is 9.63. The molecule has 88 valence electrons. The number of carbonyl (C=O) groups is 1. The highest BCUT2D eigenvalue weighted by Crippen LogP contribution is 2.13. The van der Waals surface area contributed by atoms with Gasteiger partial charge in [-0.1, -0.05) is 30.3 Å². The van der Waals surface area contributed by atoms with E-state index in [1.54, 1.807) is 18.3 Å². The van der Waals surface area contributed by atoms with Gasteiger partial charge in [0.05, 0.1) is 12.1 Å². The second-order valence-corrected chi connectivity index (χ2v) is 4.00. The van der Waals surface area contributed by atoms with E-state index in [0.717, 1.165) is 5.56 Å². The molecule has 1 aromatic heterocycles. The maximum absolute atomic E-state index is 11.7. The standard InChI is InChI=1S/C14H11N3O/c18-14-11-7-4-8-15-12(11)13(17-14)16-9-10-5-2-1-3-6-10/h1-8H,9H2,(H,16,17,18). The van der Waals surface area contributed by atoms with E-state index in [0.29, 0.717) is 23.6 Å². The molecular weight excluding hydrogens is 226 g/mol. The normalized spacial score (nSPS) is 15.6. The van der Waals surface area contributed by atoms with E-state index in [1.807, 2.05) is 30.3 Å². The smallest absolute Gasteiger partial charge is 0.259 e. The summed E-state index contributed by atoms with van der Waals surface area (Å²) in [4.78, 5) is 20.3. The number of benzene rings is 1. The van der Waals surface area contributed by atoms with Gasteiger partial charge in [0.15, 0.2) is 5.84 Å². The van der Waals surface area contributed by atoms with Crippen molar-refractivity contribution in [2.45, 2.75) is 6.54 Å². The summed E-state index contributed by atoms with van der Waals surface area (Å²) in [6.07, 6.45) is 1.66. The van der Waals surface area contributed by atoms with Gasteiger partial charge in [-0.2, -0.15) is 0 Å². The summed E-state index contributed by atoms with van der Waals surface area (Å²) in [5, 5.41) is 2.74. The number of amidine groups is 1. The highest BCUT2D eigenvalue weighted by molar-refractivity contribution is 6.22. The summed E-state index contributed by atoms with van der Waals surface area (Å²) >= 11 is 0. The summed E-state index contributed by atoms with van der Waals surface area (Å²) in [5.74, 6) is 0.421. The molecule has 3 rings (SSSR count). The zero-order valence-corrected chi connectivity index (χ0v) is 9.63. The lowest BCUT2D eigenvalue weighted by Crippen LogP contribution is -2.21. The molecule has 2 aromatic rings. The minimum atomic E-state index is -0.134. The summed E-state index contributed by atoms with van der Waals surface area (Å²) in [6.45, 7) is 0.534. The van der Waals surface area contributed by atoms with E-state index in [1.165, 1.54) is 0 Å². The van der Waals surface area contributed by atoms with E-state index < -0.39 is 0 Å². The lowest BCUT2D eigenvalue weighted by Gasteiger charge is -1.99. The minimum absolute atomic E-state index is 0.134. The number of rotatable bonds is 2. The number of hydrogen-bond acceptors (Lipinski definition) is 3. The first-order valence-electron chi connectivity index (χ1n) is 5.70. The van der Waals surface area contributed by atoms with Crippen LogP contribution in [0.3, 0.4) is 0 Å². The van der Waals surface area contributed by atoms with Crippen LogP contribution in [0, 0.1) is 0 Å². The first-order chi connectivity index (χ1) is 8.84. The number of pyridine rings is 1. The molecule has 0 bridgehead atoms. The number of nitrogens with zero attached hydrogens (tertiary/aromatic N) is 2. The largest absolute Gasteiger partial charge is 0.305 e. The van der Waals surface area contributed by atoms with Crippen molar-refractivity contribution in [1.29, 1.82) is 0 Å². The molecule has 0 saturated carbocycles. The predicted molar refractivity (Wildman–Crippen MR) is 68.4 cm³/mol. The van der Waals surface area contributed by atoms with Gasteiger partial charge in [-0.15, -0.1) is 0 Å². The number of amides is 1. The van der Waals surface area contributed by atoms with Crippen molar-refractivity contribution in [3.05, 3.63) is 65.5 Å². The fourth-order valence-corrected chi connectivity index (χ4v) is 1.88. The molecule has 0 aliphatic carbocycles. The topological polar surface area (TPSA) is 54.4 Å². The molecule has 1 N–H and O–H groups in total. The molecule has 1 aliphatic rings. The van der Waals surface area contributed by atoms with Crippen LogP contribution in [0.1, 0.15) is 21.6 Å². The van der Waals surface area contributed by atoms with Crippen molar-refractivity contribution in [2.24, 2.45) is 4.99 Å². The van der Waals surface area contributed by atoms with Crippen LogP contribution in [0.25, 0.3) is 0 Å². The third kappa shape index (κ3) is 1.88. The van der Waals surface area contributed by atoms with E-state index in [9.17, 15) is 4.79 Å². The Labute approximate surface area is 104 Å². The number of hydrogen-bond donors (Lipinski definition) is 1. The van der Waals surface area contributed by atoms with Gasteiger partial charge in [-0.3, -0.25) is 14.8 Å². The van der Waals surface area contributed by atoms with E-state index >= 15 is 0 Å². The maximum atomic E-state index is 11.7. The van der Waals surface area contributed by atoms with Crippen LogP contribution in [0.15, 0.2) is 53.7 Å². The van der Waals surface area contributed by atoms with Crippen LogP contribution < -0.4 is 5.32 Å². The number of nitrogens with one attached hydrogen (secondary N) is 1. The first kappa shape index (κ1) is 10.7. The Morgan fingerprint density at radius 3 is 2.78 bits per heavy atom. The van der Waals surface area contributed by atoms with Gasteiger partial charge < -0.3 is 5.32 Å². The van der Waals surface area contributed by atoms with Crippen LogP contribution >= 0.6 is 0 Å². The molecule has 2 heterocycles. The predicted octanol–water partition coefficient (Wildman–Crippen LogP) is 1.77. The quantitative estimate of drug-likeness (QED) is 0.865. The summed E-state index contributed by atoms with van der Waals surface area (Å²) in [5.41, 5.74) is 2.33.